The quantitative estimate of drug-likeness (QED) is 0.770. The van der Waals surface area contributed by atoms with E-state index in [-0.39, 0.29) is 24.5 Å². The van der Waals surface area contributed by atoms with Gasteiger partial charge in [-0.2, -0.15) is 0 Å². The number of hydrogen-bond acceptors (Lipinski definition) is 3. The van der Waals surface area contributed by atoms with Crippen molar-refractivity contribution in [3.63, 3.8) is 0 Å². The number of amides is 2. The van der Waals surface area contributed by atoms with Crippen LogP contribution in [-0.4, -0.2) is 47.6 Å². The van der Waals surface area contributed by atoms with Crippen molar-refractivity contribution in [3.8, 4) is 0 Å². The molecule has 0 radical (unpaired) electrons. The van der Waals surface area contributed by atoms with Gasteiger partial charge in [0.15, 0.2) is 0 Å². The molecule has 1 saturated heterocycles. The van der Waals surface area contributed by atoms with Crippen LogP contribution in [0, 0.1) is 5.41 Å². The summed E-state index contributed by atoms with van der Waals surface area (Å²) in [6.07, 6.45) is 2.13. The van der Waals surface area contributed by atoms with E-state index in [1.807, 2.05) is 20.8 Å². The van der Waals surface area contributed by atoms with Crippen LogP contribution in [0.4, 0.5) is 0 Å². The molecule has 5 heteroatoms. The van der Waals surface area contributed by atoms with Crippen molar-refractivity contribution >= 4 is 11.8 Å². The molecule has 1 rings (SSSR count). The number of hydrogen-bond donors (Lipinski definition) is 2. The van der Waals surface area contributed by atoms with Crippen molar-refractivity contribution in [1.82, 2.24) is 10.2 Å². The van der Waals surface area contributed by atoms with Gasteiger partial charge < -0.3 is 15.3 Å². The molecule has 0 aromatic rings. The number of aliphatic hydroxyl groups excluding tert-OH is 1. The zero-order chi connectivity index (χ0) is 13.8. The highest BCUT2D eigenvalue weighted by molar-refractivity contribution is 5.82. The molecule has 1 aliphatic heterocycles. The average Bonchev–Trinajstić information content (AvgIpc) is 2.75. The third-order valence-electron chi connectivity index (χ3n) is 3.21. The van der Waals surface area contributed by atoms with Crippen LogP contribution in [0.15, 0.2) is 0 Å². The SMILES string of the molecule is CC(C)(C)C(=O)NCCC(=O)N1CCC[C@@H]1CO. The summed E-state index contributed by atoms with van der Waals surface area (Å²) in [6, 6.07) is -0.0317. The second-order valence-electron chi connectivity index (χ2n) is 5.82. The zero-order valence-electron chi connectivity index (χ0n) is 11.5. The molecule has 0 aromatic carbocycles. The Morgan fingerprint density at radius 3 is 2.61 bits per heavy atom. The first-order chi connectivity index (χ1) is 8.36. The van der Waals surface area contributed by atoms with E-state index in [1.54, 1.807) is 4.90 Å². The van der Waals surface area contributed by atoms with E-state index in [1.165, 1.54) is 0 Å². The number of rotatable bonds is 4. The number of aliphatic hydroxyl groups is 1. The molecule has 0 spiro atoms. The number of likely N-dealkylation sites (tertiary alicyclic amines) is 1. The molecule has 0 aliphatic carbocycles. The Morgan fingerprint density at radius 2 is 2.06 bits per heavy atom. The van der Waals surface area contributed by atoms with Crippen LogP contribution in [0.3, 0.4) is 0 Å². The fourth-order valence-corrected chi connectivity index (χ4v) is 2.05. The van der Waals surface area contributed by atoms with E-state index < -0.39 is 5.41 Å². The standard InChI is InChI=1S/C13H24N2O3/c1-13(2,3)12(18)14-7-6-11(17)15-8-4-5-10(15)9-16/h10,16H,4-9H2,1-3H3,(H,14,18)/t10-/m1/s1. The highest BCUT2D eigenvalue weighted by Crippen LogP contribution is 2.17. The Labute approximate surface area is 109 Å². The molecule has 2 N–H and O–H groups in total. The largest absolute Gasteiger partial charge is 0.394 e. The smallest absolute Gasteiger partial charge is 0.225 e. The maximum Gasteiger partial charge on any atom is 0.225 e. The Morgan fingerprint density at radius 1 is 1.39 bits per heavy atom. The van der Waals surface area contributed by atoms with E-state index >= 15 is 0 Å². The highest BCUT2D eigenvalue weighted by atomic mass is 16.3. The number of nitrogens with zero attached hydrogens (tertiary/aromatic N) is 1. The van der Waals surface area contributed by atoms with Gasteiger partial charge in [-0.25, -0.2) is 0 Å². The summed E-state index contributed by atoms with van der Waals surface area (Å²) in [7, 11) is 0. The number of nitrogens with one attached hydrogen (secondary N) is 1. The summed E-state index contributed by atoms with van der Waals surface area (Å²) in [5.74, 6) is -0.0313. The normalized spacial score (nSPS) is 20.0. The lowest BCUT2D eigenvalue weighted by Crippen LogP contribution is -2.41. The summed E-state index contributed by atoms with van der Waals surface area (Å²) in [4.78, 5) is 25.2. The van der Waals surface area contributed by atoms with Gasteiger partial charge in [0, 0.05) is 24.9 Å². The maximum atomic E-state index is 11.9. The Hall–Kier alpha value is -1.10. The molecule has 104 valence electrons. The van der Waals surface area contributed by atoms with Gasteiger partial charge in [0.1, 0.15) is 0 Å². The fraction of sp³-hybridized carbons (Fsp3) is 0.846. The first-order valence-electron chi connectivity index (χ1n) is 6.55. The lowest BCUT2D eigenvalue weighted by molar-refractivity contribution is -0.133. The molecule has 1 fully saturated rings. The molecule has 18 heavy (non-hydrogen) atoms. The number of carbonyl (C=O) groups is 2. The molecular formula is C13H24N2O3. The second kappa shape index (κ2) is 6.18. The van der Waals surface area contributed by atoms with Crippen molar-refractivity contribution in [3.05, 3.63) is 0 Å². The minimum Gasteiger partial charge on any atom is -0.394 e. The van der Waals surface area contributed by atoms with Gasteiger partial charge in [-0.05, 0) is 12.8 Å². The number of carbonyl (C=O) groups excluding carboxylic acids is 2. The first kappa shape index (κ1) is 15.0. The molecule has 0 unspecified atom stereocenters. The molecule has 1 heterocycles. The summed E-state index contributed by atoms with van der Waals surface area (Å²) in [6.45, 7) is 6.63. The summed E-state index contributed by atoms with van der Waals surface area (Å²) in [5.41, 5.74) is -0.426. The molecule has 1 aliphatic rings. The van der Waals surface area contributed by atoms with Gasteiger partial charge in [-0.3, -0.25) is 9.59 Å². The Kier molecular flexibility index (Phi) is 5.14. The minimum atomic E-state index is -0.426. The van der Waals surface area contributed by atoms with Crippen LogP contribution in [0.25, 0.3) is 0 Å². The minimum absolute atomic E-state index is 0.0146. The molecule has 0 aromatic heterocycles. The zero-order valence-corrected chi connectivity index (χ0v) is 11.5. The van der Waals surface area contributed by atoms with Crippen LogP contribution in [0.5, 0.6) is 0 Å². The molecule has 2 amide bonds. The van der Waals surface area contributed by atoms with Crippen molar-refractivity contribution in [2.24, 2.45) is 5.41 Å². The van der Waals surface area contributed by atoms with E-state index in [4.69, 9.17) is 5.11 Å². The Balaban J connectivity index is 2.31. The van der Waals surface area contributed by atoms with Crippen LogP contribution < -0.4 is 5.32 Å². The van der Waals surface area contributed by atoms with E-state index in [0.29, 0.717) is 13.0 Å². The lowest BCUT2D eigenvalue weighted by atomic mass is 9.96. The molecule has 0 bridgehead atoms. The Bertz CT molecular complexity index is 310. The highest BCUT2D eigenvalue weighted by Gasteiger charge is 2.28. The van der Waals surface area contributed by atoms with Crippen LogP contribution in [0.2, 0.25) is 0 Å². The van der Waals surface area contributed by atoms with Gasteiger partial charge in [-0.1, -0.05) is 20.8 Å². The van der Waals surface area contributed by atoms with E-state index in [0.717, 1.165) is 19.4 Å². The van der Waals surface area contributed by atoms with Gasteiger partial charge in [0.2, 0.25) is 11.8 Å². The van der Waals surface area contributed by atoms with Crippen molar-refractivity contribution < 1.29 is 14.7 Å². The van der Waals surface area contributed by atoms with E-state index in [9.17, 15) is 9.59 Å². The topological polar surface area (TPSA) is 69.6 Å². The van der Waals surface area contributed by atoms with Gasteiger partial charge in [-0.15, -0.1) is 0 Å². The predicted octanol–water partition coefficient (Wildman–Crippen LogP) is 0.522. The van der Waals surface area contributed by atoms with E-state index in [2.05, 4.69) is 5.32 Å². The van der Waals surface area contributed by atoms with Crippen molar-refractivity contribution in [1.29, 1.82) is 0 Å². The van der Waals surface area contributed by atoms with Gasteiger partial charge in [0.25, 0.3) is 0 Å². The van der Waals surface area contributed by atoms with Crippen molar-refractivity contribution in [2.75, 3.05) is 19.7 Å². The molecular weight excluding hydrogens is 232 g/mol. The van der Waals surface area contributed by atoms with Crippen LogP contribution in [-0.2, 0) is 9.59 Å². The summed E-state index contributed by atoms with van der Waals surface area (Å²) in [5, 5.41) is 11.9. The fourth-order valence-electron chi connectivity index (χ4n) is 2.05. The van der Waals surface area contributed by atoms with Crippen molar-refractivity contribution in [2.45, 2.75) is 46.1 Å². The first-order valence-corrected chi connectivity index (χ1v) is 6.55. The summed E-state index contributed by atoms with van der Waals surface area (Å²) >= 11 is 0. The third-order valence-corrected chi connectivity index (χ3v) is 3.21. The van der Waals surface area contributed by atoms with Gasteiger partial charge in [0.05, 0.1) is 12.6 Å². The van der Waals surface area contributed by atoms with Crippen LogP contribution >= 0.6 is 0 Å². The average molecular weight is 256 g/mol. The molecule has 0 saturated carbocycles. The molecule has 1 atom stereocenters. The second-order valence-corrected chi connectivity index (χ2v) is 5.82. The third kappa shape index (κ3) is 3.98. The van der Waals surface area contributed by atoms with Gasteiger partial charge >= 0.3 is 0 Å². The monoisotopic (exact) mass is 256 g/mol. The molecule has 5 nitrogen and oxygen atoms in total. The van der Waals surface area contributed by atoms with Crippen LogP contribution in [0.1, 0.15) is 40.0 Å². The lowest BCUT2D eigenvalue weighted by Gasteiger charge is -2.23. The predicted molar refractivity (Wildman–Crippen MR) is 68.9 cm³/mol. The summed E-state index contributed by atoms with van der Waals surface area (Å²) < 4.78 is 0. The maximum absolute atomic E-state index is 11.9.